The summed E-state index contributed by atoms with van der Waals surface area (Å²) in [4.78, 5) is 0. The number of rotatable bonds is 1. The van der Waals surface area contributed by atoms with Crippen LogP contribution < -0.4 is 0 Å². The maximum atomic E-state index is 10.0. The molecule has 3 saturated carbocycles. The zero-order valence-corrected chi connectivity index (χ0v) is 15.8. The van der Waals surface area contributed by atoms with Gasteiger partial charge in [-0.1, -0.05) is 31.9 Å². The predicted octanol–water partition coefficient (Wildman–Crippen LogP) is 6.50. The Morgan fingerprint density at radius 3 is 2.21 bits per heavy atom. The summed E-state index contributed by atoms with van der Waals surface area (Å²) in [5, 5.41) is 10.0. The molecular formula is C23H34O. The van der Waals surface area contributed by atoms with Crippen molar-refractivity contribution in [2.45, 2.75) is 84.5 Å². The lowest BCUT2D eigenvalue weighted by atomic mass is 9.46. The van der Waals surface area contributed by atoms with Gasteiger partial charge >= 0.3 is 0 Å². The van der Waals surface area contributed by atoms with Gasteiger partial charge < -0.3 is 5.11 Å². The van der Waals surface area contributed by atoms with Crippen molar-refractivity contribution in [3.63, 3.8) is 0 Å². The van der Waals surface area contributed by atoms with Gasteiger partial charge in [0, 0.05) is 0 Å². The summed E-state index contributed by atoms with van der Waals surface area (Å²) < 4.78 is 0. The second-order valence-corrected chi connectivity index (χ2v) is 9.47. The fourth-order valence-corrected chi connectivity index (χ4v) is 6.43. The SMILES string of the molecule is Cc1cc(C2CCC3(CC2)CC2CCC(C)CCC23)cc(C)c1O. The van der Waals surface area contributed by atoms with E-state index in [4.69, 9.17) is 0 Å². The van der Waals surface area contributed by atoms with Gasteiger partial charge in [-0.05, 0) is 105 Å². The summed E-state index contributed by atoms with van der Waals surface area (Å²) in [6.45, 7) is 6.54. The van der Waals surface area contributed by atoms with Crippen LogP contribution in [0.1, 0.15) is 87.3 Å². The van der Waals surface area contributed by atoms with E-state index in [0.29, 0.717) is 11.2 Å². The zero-order valence-electron chi connectivity index (χ0n) is 15.8. The average Bonchev–Trinajstić information content (AvgIpc) is 2.71. The summed E-state index contributed by atoms with van der Waals surface area (Å²) in [6.07, 6.45) is 13.1. The van der Waals surface area contributed by atoms with Crippen molar-refractivity contribution in [3.8, 4) is 5.75 Å². The van der Waals surface area contributed by atoms with Gasteiger partial charge in [0.15, 0.2) is 0 Å². The number of benzene rings is 1. The molecule has 3 fully saturated rings. The normalized spacial score (nSPS) is 39.1. The zero-order chi connectivity index (χ0) is 16.9. The monoisotopic (exact) mass is 326 g/mol. The average molecular weight is 327 g/mol. The summed E-state index contributed by atoms with van der Waals surface area (Å²) in [6, 6.07) is 4.48. The number of hydrogen-bond acceptors (Lipinski definition) is 1. The topological polar surface area (TPSA) is 20.2 Å². The molecule has 3 atom stereocenters. The number of phenolic OH excluding ortho intramolecular Hbond substituents is 1. The fourth-order valence-electron chi connectivity index (χ4n) is 6.43. The molecule has 1 nitrogen and oxygen atoms in total. The van der Waals surface area contributed by atoms with E-state index in [1.165, 1.54) is 63.4 Å². The number of hydrogen-bond donors (Lipinski definition) is 1. The largest absolute Gasteiger partial charge is 0.507 e. The molecule has 4 rings (SSSR count). The molecule has 0 radical (unpaired) electrons. The van der Waals surface area contributed by atoms with Crippen LogP contribution in [0.5, 0.6) is 5.75 Å². The molecule has 1 heteroatoms. The van der Waals surface area contributed by atoms with E-state index in [1.807, 2.05) is 13.8 Å². The molecule has 1 aromatic rings. The van der Waals surface area contributed by atoms with Crippen molar-refractivity contribution >= 4 is 0 Å². The highest BCUT2D eigenvalue weighted by atomic mass is 16.3. The van der Waals surface area contributed by atoms with Gasteiger partial charge in [0.1, 0.15) is 5.75 Å². The molecule has 3 unspecified atom stereocenters. The number of aromatic hydroxyl groups is 1. The highest BCUT2D eigenvalue weighted by Crippen LogP contribution is 2.64. The summed E-state index contributed by atoms with van der Waals surface area (Å²) in [5.74, 6) is 4.28. The lowest BCUT2D eigenvalue weighted by Crippen LogP contribution is -2.49. The third kappa shape index (κ3) is 2.68. The van der Waals surface area contributed by atoms with E-state index < -0.39 is 0 Å². The second kappa shape index (κ2) is 6.07. The van der Waals surface area contributed by atoms with Gasteiger partial charge in [-0.3, -0.25) is 0 Å². The molecular weight excluding hydrogens is 292 g/mol. The number of fused-ring (bicyclic) bond motifs is 2. The first-order valence-corrected chi connectivity index (χ1v) is 10.3. The van der Waals surface area contributed by atoms with Crippen molar-refractivity contribution in [3.05, 3.63) is 28.8 Å². The van der Waals surface area contributed by atoms with Crippen LogP contribution in [0.3, 0.4) is 0 Å². The van der Waals surface area contributed by atoms with E-state index >= 15 is 0 Å². The fraction of sp³-hybridized carbons (Fsp3) is 0.739. The molecule has 0 amide bonds. The van der Waals surface area contributed by atoms with Crippen LogP contribution in [0, 0.1) is 37.0 Å². The first-order valence-electron chi connectivity index (χ1n) is 10.3. The third-order valence-electron chi connectivity index (χ3n) is 7.99. The summed E-state index contributed by atoms with van der Waals surface area (Å²) >= 11 is 0. The molecule has 0 aromatic heterocycles. The highest BCUT2D eigenvalue weighted by molar-refractivity contribution is 5.43. The molecule has 1 aromatic carbocycles. The first kappa shape index (κ1) is 16.5. The molecule has 1 N–H and O–H groups in total. The Bertz CT molecular complexity index is 585. The predicted molar refractivity (Wildman–Crippen MR) is 100 cm³/mol. The van der Waals surface area contributed by atoms with Gasteiger partial charge in [0.05, 0.1) is 0 Å². The standard InChI is InChI=1S/C23H34O/c1-15-4-6-19-14-23(21(19)7-5-15)10-8-18(9-11-23)20-12-16(2)22(24)17(3)13-20/h12-13,15,18-19,21,24H,4-11,14H2,1-3H3. The molecule has 0 aliphatic heterocycles. The Morgan fingerprint density at radius 2 is 1.54 bits per heavy atom. The van der Waals surface area contributed by atoms with Gasteiger partial charge in [-0.2, -0.15) is 0 Å². The highest BCUT2D eigenvalue weighted by Gasteiger charge is 2.54. The molecule has 0 saturated heterocycles. The number of aryl methyl sites for hydroxylation is 2. The molecule has 3 aliphatic carbocycles. The third-order valence-corrected chi connectivity index (χ3v) is 7.99. The van der Waals surface area contributed by atoms with Crippen molar-refractivity contribution in [1.82, 2.24) is 0 Å². The molecule has 1 spiro atoms. The minimum absolute atomic E-state index is 0.487. The molecule has 24 heavy (non-hydrogen) atoms. The first-order chi connectivity index (χ1) is 11.5. The Morgan fingerprint density at radius 1 is 0.917 bits per heavy atom. The quantitative estimate of drug-likeness (QED) is 0.624. The maximum absolute atomic E-state index is 10.0. The van der Waals surface area contributed by atoms with Crippen LogP contribution in [-0.4, -0.2) is 5.11 Å². The van der Waals surface area contributed by atoms with Gasteiger partial charge in [0.2, 0.25) is 0 Å². The Labute approximate surface area is 147 Å². The Balaban J connectivity index is 1.44. The van der Waals surface area contributed by atoms with E-state index in [1.54, 1.807) is 0 Å². The van der Waals surface area contributed by atoms with Crippen LogP contribution >= 0.6 is 0 Å². The second-order valence-electron chi connectivity index (χ2n) is 9.47. The van der Waals surface area contributed by atoms with Gasteiger partial charge in [-0.25, -0.2) is 0 Å². The maximum Gasteiger partial charge on any atom is 0.121 e. The van der Waals surface area contributed by atoms with Gasteiger partial charge in [0.25, 0.3) is 0 Å². The smallest absolute Gasteiger partial charge is 0.121 e. The van der Waals surface area contributed by atoms with E-state index in [2.05, 4.69) is 19.1 Å². The minimum Gasteiger partial charge on any atom is -0.507 e. The summed E-state index contributed by atoms with van der Waals surface area (Å²) in [5.41, 5.74) is 4.29. The van der Waals surface area contributed by atoms with Crippen LogP contribution in [0.25, 0.3) is 0 Å². The van der Waals surface area contributed by atoms with Crippen LogP contribution in [0.15, 0.2) is 12.1 Å². The number of phenols is 1. The minimum atomic E-state index is 0.487. The van der Waals surface area contributed by atoms with Crippen LogP contribution in [0.4, 0.5) is 0 Å². The molecule has 0 heterocycles. The van der Waals surface area contributed by atoms with Crippen molar-refractivity contribution < 1.29 is 5.11 Å². The van der Waals surface area contributed by atoms with Crippen molar-refractivity contribution in [2.24, 2.45) is 23.2 Å². The molecule has 3 aliphatic rings. The van der Waals surface area contributed by atoms with Crippen LogP contribution in [-0.2, 0) is 0 Å². The Kier molecular flexibility index (Phi) is 4.17. The van der Waals surface area contributed by atoms with E-state index in [0.717, 1.165) is 34.8 Å². The lowest BCUT2D eigenvalue weighted by molar-refractivity contribution is -0.0788. The van der Waals surface area contributed by atoms with E-state index in [9.17, 15) is 5.11 Å². The Hall–Kier alpha value is -0.980. The molecule has 132 valence electrons. The summed E-state index contributed by atoms with van der Waals surface area (Å²) in [7, 11) is 0. The van der Waals surface area contributed by atoms with Crippen molar-refractivity contribution in [2.75, 3.05) is 0 Å². The van der Waals surface area contributed by atoms with Crippen molar-refractivity contribution in [1.29, 1.82) is 0 Å². The molecule has 0 bridgehead atoms. The lowest BCUT2D eigenvalue weighted by Gasteiger charge is -2.58. The van der Waals surface area contributed by atoms with Gasteiger partial charge in [-0.15, -0.1) is 0 Å². The van der Waals surface area contributed by atoms with Crippen LogP contribution in [0.2, 0.25) is 0 Å². The van der Waals surface area contributed by atoms with E-state index in [-0.39, 0.29) is 0 Å².